The summed E-state index contributed by atoms with van der Waals surface area (Å²) in [6, 6.07) is 0. The van der Waals surface area contributed by atoms with Gasteiger partial charge in [0.1, 0.15) is 0 Å². The fraction of sp³-hybridized carbons (Fsp3) is 0.500. The van der Waals surface area contributed by atoms with E-state index in [1.54, 1.807) is 0 Å². The molecule has 1 heterocycles. The summed E-state index contributed by atoms with van der Waals surface area (Å²) in [6.07, 6.45) is 2.86. The van der Waals surface area contributed by atoms with Crippen LogP contribution in [-0.2, 0) is 4.84 Å². The predicted molar refractivity (Wildman–Crippen MR) is 40.4 cm³/mol. The number of rotatable bonds is 2. The minimum Gasteiger partial charge on any atom is -0.492 e. The predicted octanol–water partition coefficient (Wildman–Crippen LogP) is 0.532. The molecule has 0 saturated carbocycles. The van der Waals surface area contributed by atoms with Crippen LogP contribution in [0.5, 0.6) is 0 Å². The average molecular weight is 157 g/mol. The minimum atomic E-state index is -0.00801. The molecule has 0 aromatic heterocycles. The number of hydroxylamine groups is 1. The summed E-state index contributed by atoms with van der Waals surface area (Å²) in [5.74, 6) is -0.00583. The van der Waals surface area contributed by atoms with E-state index in [1.807, 2.05) is 13.8 Å². The zero-order chi connectivity index (χ0) is 8.27. The Kier molecular flexibility index (Phi) is 2.32. The first-order valence-corrected chi connectivity index (χ1v) is 3.35. The first-order chi connectivity index (χ1) is 5.20. The maximum Gasteiger partial charge on any atom is 0.236 e. The number of hydrazone groups is 1. The highest BCUT2D eigenvalue weighted by molar-refractivity contribution is 5.71. The van der Waals surface area contributed by atoms with Gasteiger partial charge in [-0.2, -0.15) is 10.6 Å². The van der Waals surface area contributed by atoms with Crippen molar-refractivity contribution in [3.8, 4) is 0 Å². The normalized spacial score (nSPS) is 16.6. The minimum absolute atomic E-state index is 0.00583. The molecule has 5 heteroatoms. The Bertz CT molecular complexity index is 188. The fourth-order valence-electron chi connectivity index (χ4n) is 0.597. The van der Waals surface area contributed by atoms with Crippen LogP contribution >= 0.6 is 0 Å². The van der Waals surface area contributed by atoms with Crippen molar-refractivity contribution in [2.45, 2.75) is 20.0 Å². The number of nitrogens with zero attached hydrogens (tertiary/aromatic N) is 2. The maximum atomic E-state index is 9.13. The quantitative estimate of drug-likeness (QED) is 0.614. The summed E-state index contributed by atoms with van der Waals surface area (Å²) in [4.78, 5) is 5.09. The summed E-state index contributed by atoms with van der Waals surface area (Å²) in [6.45, 7) is 3.71. The van der Waals surface area contributed by atoms with Gasteiger partial charge in [0, 0.05) is 6.08 Å². The molecule has 11 heavy (non-hydrogen) atoms. The highest BCUT2D eigenvalue weighted by atomic mass is 16.7. The Labute approximate surface area is 64.9 Å². The number of hydrogen-bond donors (Lipinski definition) is 2. The van der Waals surface area contributed by atoms with Crippen LogP contribution in [-0.4, -0.2) is 22.6 Å². The Balaban J connectivity index is 2.47. The molecule has 0 bridgehead atoms. The second-order valence-electron chi connectivity index (χ2n) is 2.35. The number of hydrogen-bond acceptors (Lipinski definition) is 5. The van der Waals surface area contributed by atoms with Gasteiger partial charge in [-0.1, -0.05) is 0 Å². The molecule has 1 aliphatic heterocycles. The van der Waals surface area contributed by atoms with Crippen LogP contribution < -0.4 is 5.53 Å². The van der Waals surface area contributed by atoms with Crippen LogP contribution in [0.1, 0.15) is 13.8 Å². The van der Waals surface area contributed by atoms with Crippen molar-refractivity contribution in [2.24, 2.45) is 5.10 Å². The third-order valence-corrected chi connectivity index (χ3v) is 0.971. The molecule has 0 aliphatic carbocycles. The molecular formula is C6H11N3O2. The van der Waals surface area contributed by atoms with Gasteiger partial charge in [0.25, 0.3) is 0 Å². The van der Waals surface area contributed by atoms with Crippen molar-refractivity contribution in [3.63, 3.8) is 0 Å². The first-order valence-electron chi connectivity index (χ1n) is 3.35. The smallest absolute Gasteiger partial charge is 0.236 e. The van der Waals surface area contributed by atoms with Crippen LogP contribution in [0.2, 0.25) is 0 Å². The van der Waals surface area contributed by atoms with Crippen LogP contribution in [0.25, 0.3) is 0 Å². The van der Waals surface area contributed by atoms with E-state index in [0.29, 0.717) is 0 Å². The molecule has 0 aromatic carbocycles. The average Bonchev–Trinajstić information content (AvgIpc) is 1.93. The summed E-state index contributed by atoms with van der Waals surface area (Å²) in [7, 11) is 0. The lowest BCUT2D eigenvalue weighted by molar-refractivity contribution is -0.218. The number of aliphatic hydroxyl groups excluding tert-OH is 1. The van der Waals surface area contributed by atoms with Crippen molar-refractivity contribution in [3.05, 3.63) is 12.0 Å². The monoisotopic (exact) mass is 157 g/mol. The van der Waals surface area contributed by atoms with Crippen LogP contribution in [0, 0.1) is 0 Å². The van der Waals surface area contributed by atoms with Crippen LogP contribution in [0.4, 0.5) is 0 Å². The van der Waals surface area contributed by atoms with E-state index >= 15 is 0 Å². The zero-order valence-corrected chi connectivity index (χ0v) is 6.48. The summed E-state index contributed by atoms with van der Waals surface area (Å²) >= 11 is 0. The zero-order valence-electron chi connectivity index (χ0n) is 6.48. The largest absolute Gasteiger partial charge is 0.492 e. The van der Waals surface area contributed by atoms with Crippen LogP contribution in [0.15, 0.2) is 17.1 Å². The van der Waals surface area contributed by atoms with E-state index in [2.05, 4.69) is 10.6 Å². The summed E-state index contributed by atoms with van der Waals surface area (Å²) in [5.41, 5.74) is 2.46. The van der Waals surface area contributed by atoms with Gasteiger partial charge in [-0.3, -0.25) is 0 Å². The van der Waals surface area contributed by atoms with Gasteiger partial charge < -0.3 is 5.11 Å². The molecule has 5 nitrogen and oxygen atoms in total. The molecular weight excluding hydrogens is 146 g/mol. The first kappa shape index (κ1) is 7.87. The molecule has 0 unspecified atom stereocenters. The Hall–Kier alpha value is -1.23. The van der Waals surface area contributed by atoms with Gasteiger partial charge in [-0.15, -0.1) is 5.17 Å². The van der Waals surface area contributed by atoms with Crippen molar-refractivity contribution in [1.29, 1.82) is 0 Å². The van der Waals surface area contributed by atoms with Crippen molar-refractivity contribution < 1.29 is 9.94 Å². The number of allylic oxidation sites excluding steroid dienone is 1. The second-order valence-corrected chi connectivity index (χ2v) is 2.35. The van der Waals surface area contributed by atoms with Crippen LogP contribution in [0.3, 0.4) is 0 Å². The lowest BCUT2D eigenvalue weighted by atomic mass is 10.5. The molecule has 0 spiro atoms. The van der Waals surface area contributed by atoms with E-state index in [9.17, 15) is 0 Å². The molecule has 0 radical (unpaired) electrons. The van der Waals surface area contributed by atoms with Crippen molar-refractivity contribution in [2.75, 3.05) is 0 Å². The molecule has 0 amide bonds. The molecule has 0 fully saturated rings. The van der Waals surface area contributed by atoms with Crippen molar-refractivity contribution >= 4 is 6.21 Å². The number of hydrazine groups is 1. The van der Waals surface area contributed by atoms with E-state index in [0.717, 1.165) is 5.17 Å². The number of aliphatic hydroxyl groups is 1. The van der Waals surface area contributed by atoms with Gasteiger partial charge in [0.15, 0.2) is 0 Å². The Morgan fingerprint density at radius 3 is 3.00 bits per heavy atom. The lowest BCUT2D eigenvalue weighted by Gasteiger charge is -2.24. The maximum absolute atomic E-state index is 9.13. The van der Waals surface area contributed by atoms with Crippen molar-refractivity contribution in [1.82, 2.24) is 10.7 Å². The van der Waals surface area contributed by atoms with Gasteiger partial charge in [-0.05, 0) is 13.8 Å². The molecule has 1 aliphatic rings. The van der Waals surface area contributed by atoms with Gasteiger partial charge in [0.2, 0.25) is 5.88 Å². The molecule has 0 saturated heterocycles. The molecule has 62 valence electrons. The number of nitrogens with one attached hydrogen (secondary N) is 1. The third kappa shape index (κ3) is 2.12. The third-order valence-electron chi connectivity index (χ3n) is 0.971. The van der Waals surface area contributed by atoms with E-state index < -0.39 is 0 Å². The highest BCUT2D eigenvalue weighted by Crippen LogP contribution is 2.02. The van der Waals surface area contributed by atoms with E-state index in [-0.39, 0.29) is 12.0 Å². The summed E-state index contributed by atoms with van der Waals surface area (Å²) < 4.78 is 0. The molecule has 0 atom stereocenters. The topological polar surface area (TPSA) is 57.1 Å². The molecule has 0 aromatic rings. The van der Waals surface area contributed by atoms with Gasteiger partial charge >= 0.3 is 0 Å². The second kappa shape index (κ2) is 3.25. The summed E-state index contributed by atoms with van der Waals surface area (Å²) in [5, 5.41) is 13.9. The lowest BCUT2D eigenvalue weighted by Crippen LogP contribution is -2.37. The van der Waals surface area contributed by atoms with Gasteiger partial charge in [0.05, 0.1) is 12.3 Å². The Morgan fingerprint density at radius 1 is 1.73 bits per heavy atom. The van der Waals surface area contributed by atoms with E-state index in [4.69, 9.17) is 9.94 Å². The molecule has 2 N–H and O–H groups in total. The Morgan fingerprint density at radius 2 is 2.45 bits per heavy atom. The SMILES string of the molecule is CC(C)ON1NN=CC=C1O. The standard InChI is InChI=1S/C6H11N3O2/c1-5(2)11-9-6(10)3-4-7-8-9/h3-5,8,10H,1-2H3. The fourth-order valence-corrected chi connectivity index (χ4v) is 0.597. The highest BCUT2D eigenvalue weighted by Gasteiger charge is 2.11. The molecule has 1 rings (SSSR count). The van der Waals surface area contributed by atoms with E-state index in [1.165, 1.54) is 12.3 Å². The van der Waals surface area contributed by atoms with Gasteiger partial charge in [-0.25, -0.2) is 4.84 Å².